The van der Waals surface area contributed by atoms with Crippen LogP contribution in [-0.4, -0.2) is 56.2 Å². The fourth-order valence-corrected chi connectivity index (χ4v) is 2.41. The summed E-state index contributed by atoms with van der Waals surface area (Å²) in [5.74, 6) is -0.00864. The van der Waals surface area contributed by atoms with Gasteiger partial charge in [-0.05, 0) is 12.1 Å². The SMILES string of the molecule is CCNCCNC(=O)C1CN(Cc2ccccc2)CCO1.Cl.Cl. The minimum Gasteiger partial charge on any atom is -0.366 e. The molecule has 1 amide bonds. The number of nitrogens with one attached hydrogen (secondary N) is 2. The molecule has 0 aliphatic carbocycles. The van der Waals surface area contributed by atoms with Gasteiger partial charge in [0.05, 0.1) is 6.61 Å². The third-order valence-corrected chi connectivity index (χ3v) is 3.54. The van der Waals surface area contributed by atoms with Gasteiger partial charge in [-0.25, -0.2) is 0 Å². The fourth-order valence-electron chi connectivity index (χ4n) is 2.41. The lowest BCUT2D eigenvalue weighted by molar-refractivity contribution is -0.138. The van der Waals surface area contributed by atoms with E-state index < -0.39 is 0 Å². The Labute approximate surface area is 151 Å². The lowest BCUT2D eigenvalue weighted by atomic mass is 10.2. The molecule has 5 nitrogen and oxygen atoms in total. The molecule has 1 aromatic carbocycles. The number of rotatable bonds is 7. The summed E-state index contributed by atoms with van der Waals surface area (Å²) < 4.78 is 5.59. The van der Waals surface area contributed by atoms with Crippen molar-refractivity contribution >= 4 is 30.7 Å². The van der Waals surface area contributed by atoms with Crippen LogP contribution in [0.4, 0.5) is 0 Å². The largest absolute Gasteiger partial charge is 0.366 e. The Kier molecular flexibility index (Phi) is 12.1. The first-order chi connectivity index (χ1) is 10.3. The van der Waals surface area contributed by atoms with Gasteiger partial charge in [0.1, 0.15) is 6.10 Å². The number of halogens is 2. The Morgan fingerprint density at radius 2 is 2.00 bits per heavy atom. The van der Waals surface area contributed by atoms with Gasteiger partial charge in [-0.3, -0.25) is 9.69 Å². The molecule has 1 unspecified atom stereocenters. The zero-order chi connectivity index (χ0) is 14.9. The molecular formula is C16H27Cl2N3O2. The van der Waals surface area contributed by atoms with E-state index in [-0.39, 0.29) is 36.8 Å². The average molecular weight is 364 g/mol. The topological polar surface area (TPSA) is 53.6 Å². The zero-order valence-electron chi connectivity index (χ0n) is 13.5. The highest BCUT2D eigenvalue weighted by Gasteiger charge is 2.26. The molecule has 1 aromatic rings. The number of carbonyl (C=O) groups is 1. The lowest BCUT2D eigenvalue weighted by Crippen LogP contribution is -2.50. The molecule has 2 rings (SSSR count). The molecule has 0 radical (unpaired) electrons. The summed E-state index contributed by atoms with van der Waals surface area (Å²) in [6.45, 7) is 7.41. The van der Waals surface area contributed by atoms with E-state index in [1.807, 2.05) is 25.1 Å². The van der Waals surface area contributed by atoms with Gasteiger partial charge in [-0.2, -0.15) is 0 Å². The molecular weight excluding hydrogens is 337 g/mol. The van der Waals surface area contributed by atoms with Gasteiger partial charge in [0.15, 0.2) is 0 Å². The summed E-state index contributed by atoms with van der Waals surface area (Å²) in [5.41, 5.74) is 1.27. The first-order valence-corrected chi connectivity index (χ1v) is 7.66. The van der Waals surface area contributed by atoms with Crippen LogP contribution in [0.25, 0.3) is 0 Å². The van der Waals surface area contributed by atoms with Crippen molar-refractivity contribution in [2.45, 2.75) is 19.6 Å². The number of hydrogen-bond acceptors (Lipinski definition) is 4. The Hall–Kier alpha value is -0.850. The van der Waals surface area contributed by atoms with E-state index in [1.165, 1.54) is 5.56 Å². The summed E-state index contributed by atoms with van der Waals surface area (Å²) >= 11 is 0. The molecule has 0 bridgehead atoms. The Morgan fingerprint density at radius 3 is 2.70 bits per heavy atom. The van der Waals surface area contributed by atoms with Gasteiger partial charge < -0.3 is 15.4 Å². The number of benzene rings is 1. The molecule has 7 heteroatoms. The maximum absolute atomic E-state index is 12.1. The van der Waals surface area contributed by atoms with Gasteiger partial charge >= 0.3 is 0 Å². The van der Waals surface area contributed by atoms with Crippen LogP contribution in [0.3, 0.4) is 0 Å². The number of carbonyl (C=O) groups excluding carboxylic acids is 1. The number of ether oxygens (including phenoxy) is 1. The van der Waals surface area contributed by atoms with Crippen LogP contribution in [0.5, 0.6) is 0 Å². The third kappa shape index (κ3) is 7.99. The van der Waals surface area contributed by atoms with Crippen LogP contribution in [0, 0.1) is 0 Å². The number of amides is 1. The van der Waals surface area contributed by atoms with E-state index in [2.05, 4.69) is 27.7 Å². The lowest BCUT2D eigenvalue weighted by Gasteiger charge is -2.32. The van der Waals surface area contributed by atoms with E-state index in [4.69, 9.17) is 4.74 Å². The van der Waals surface area contributed by atoms with Crippen molar-refractivity contribution in [3.63, 3.8) is 0 Å². The molecule has 0 aromatic heterocycles. The molecule has 1 aliphatic heterocycles. The molecule has 132 valence electrons. The van der Waals surface area contributed by atoms with Gasteiger partial charge in [-0.15, -0.1) is 24.8 Å². The highest BCUT2D eigenvalue weighted by Crippen LogP contribution is 2.10. The van der Waals surface area contributed by atoms with Crippen LogP contribution in [0.1, 0.15) is 12.5 Å². The van der Waals surface area contributed by atoms with Crippen molar-refractivity contribution < 1.29 is 9.53 Å². The maximum atomic E-state index is 12.1. The van der Waals surface area contributed by atoms with E-state index in [9.17, 15) is 4.79 Å². The highest BCUT2D eigenvalue weighted by atomic mass is 35.5. The molecule has 1 atom stereocenters. The van der Waals surface area contributed by atoms with Crippen LogP contribution >= 0.6 is 24.8 Å². The van der Waals surface area contributed by atoms with Crippen LogP contribution in [0.15, 0.2) is 30.3 Å². The van der Waals surface area contributed by atoms with Crippen molar-refractivity contribution in [1.82, 2.24) is 15.5 Å². The first-order valence-electron chi connectivity index (χ1n) is 7.66. The standard InChI is InChI=1S/C16H25N3O2.2ClH/c1-2-17-8-9-18-16(20)15-13-19(10-11-21-15)12-14-6-4-3-5-7-14;;/h3-7,15,17H,2,8-13H2,1H3,(H,18,20);2*1H. The predicted molar refractivity (Wildman–Crippen MR) is 97.5 cm³/mol. The minimum atomic E-state index is -0.357. The van der Waals surface area contributed by atoms with Crippen molar-refractivity contribution in [3.8, 4) is 0 Å². The molecule has 1 saturated heterocycles. The van der Waals surface area contributed by atoms with E-state index in [1.54, 1.807) is 0 Å². The fraction of sp³-hybridized carbons (Fsp3) is 0.562. The molecule has 23 heavy (non-hydrogen) atoms. The van der Waals surface area contributed by atoms with Gasteiger partial charge in [0, 0.05) is 32.7 Å². The number of nitrogens with zero attached hydrogens (tertiary/aromatic N) is 1. The Balaban J connectivity index is 0.00000242. The average Bonchev–Trinajstić information content (AvgIpc) is 2.53. The van der Waals surface area contributed by atoms with E-state index >= 15 is 0 Å². The van der Waals surface area contributed by atoms with Crippen LogP contribution in [-0.2, 0) is 16.1 Å². The van der Waals surface area contributed by atoms with Crippen molar-refractivity contribution in [2.75, 3.05) is 39.3 Å². The van der Waals surface area contributed by atoms with E-state index in [0.717, 1.165) is 26.2 Å². The Bertz CT molecular complexity index is 435. The summed E-state index contributed by atoms with van der Waals surface area (Å²) in [6.07, 6.45) is -0.357. The molecule has 0 spiro atoms. The number of morpholine rings is 1. The quantitative estimate of drug-likeness (QED) is 0.720. The number of likely N-dealkylation sites (N-methyl/N-ethyl adjacent to an activating group) is 1. The maximum Gasteiger partial charge on any atom is 0.250 e. The molecule has 1 aliphatic rings. The van der Waals surface area contributed by atoms with Gasteiger partial charge in [0.2, 0.25) is 0 Å². The van der Waals surface area contributed by atoms with Gasteiger partial charge in [-0.1, -0.05) is 37.3 Å². The number of hydrogen-bond donors (Lipinski definition) is 2. The molecule has 1 fully saturated rings. The monoisotopic (exact) mass is 363 g/mol. The normalized spacial score (nSPS) is 17.7. The second kappa shape index (κ2) is 12.6. The summed E-state index contributed by atoms with van der Waals surface area (Å²) in [7, 11) is 0. The minimum absolute atomic E-state index is 0. The van der Waals surface area contributed by atoms with Crippen LogP contribution < -0.4 is 10.6 Å². The molecule has 2 N–H and O–H groups in total. The predicted octanol–water partition coefficient (Wildman–Crippen LogP) is 1.46. The third-order valence-electron chi connectivity index (χ3n) is 3.54. The zero-order valence-corrected chi connectivity index (χ0v) is 15.1. The van der Waals surface area contributed by atoms with Gasteiger partial charge in [0.25, 0.3) is 5.91 Å². The highest BCUT2D eigenvalue weighted by molar-refractivity contribution is 5.85. The van der Waals surface area contributed by atoms with Crippen LogP contribution in [0.2, 0.25) is 0 Å². The van der Waals surface area contributed by atoms with Crippen molar-refractivity contribution in [2.24, 2.45) is 0 Å². The van der Waals surface area contributed by atoms with E-state index in [0.29, 0.717) is 19.7 Å². The Morgan fingerprint density at radius 1 is 1.26 bits per heavy atom. The summed E-state index contributed by atoms with van der Waals surface area (Å²) in [4.78, 5) is 14.3. The van der Waals surface area contributed by atoms with Crippen molar-refractivity contribution in [3.05, 3.63) is 35.9 Å². The van der Waals surface area contributed by atoms with Crippen molar-refractivity contribution in [1.29, 1.82) is 0 Å². The first kappa shape index (κ1) is 22.1. The molecule has 0 saturated carbocycles. The second-order valence-corrected chi connectivity index (χ2v) is 5.22. The summed E-state index contributed by atoms with van der Waals surface area (Å²) in [5, 5.41) is 6.10. The smallest absolute Gasteiger partial charge is 0.250 e. The summed E-state index contributed by atoms with van der Waals surface area (Å²) in [6, 6.07) is 10.3. The molecule has 1 heterocycles. The second-order valence-electron chi connectivity index (χ2n) is 5.22.